The molecule has 2 atom stereocenters. The first-order chi connectivity index (χ1) is 9.25. The van der Waals surface area contributed by atoms with Crippen LogP contribution in [0.2, 0.25) is 0 Å². The molecule has 0 spiro atoms. The third kappa shape index (κ3) is 2.45. The number of aryl methyl sites for hydroxylation is 1. The number of fused-ring (bicyclic) bond motifs is 1. The number of benzene rings is 1. The molecule has 2 heterocycles. The Morgan fingerprint density at radius 1 is 1.42 bits per heavy atom. The van der Waals surface area contributed by atoms with Gasteiger partial charge in [-0.05, 0) is 31.4 Å². The number of morpholine rings is 1. The summed E-state index contributed by atoms with van der Waals surface area (Å²) >= 11 is 0. The van der Waals surface area contributed by atoms with Crippen molar-refractivity contribution < 1.29 is 9.53 Å². The fourth-order valence-corrected chi connectivity index (χ4v) is 2.88. The molecule has 0 radical (unpaired) electrons. The Hall–Kier alpha value is -1.55. The lowest BCUT2D eigenvalue weighted by Crippen LogP contribution is -2.53. The van der Waals surface area contributed by atoms with E-state index >= 15 is 0 Å². The summed E-state index contributed by atoms with van der Waals surface area (Å²) in [5, 5.41) is 3.38. The molecule has 0 aromatic heterocycles. The van der Waals surface area contributed by atoms with Crippen LogP contribution in [-0.2, 0) is 16.0 Å². The second-order valence-corrected chi connectivity index (χ2v) is 5.35. The Kier molecular flexibility index (Phi) is 3.42. The molecule has 2 aliphatic heterocycles. The Bertz CT molecular complexity index is 475. The van der Waals surface area contributed by atoms with E-state index in [1.165, 1.54) is 5.56 Å². The second kappa shape index (κ2) is 5.21. The first kappa shape index (κ1) is 12.5. The van der Waals surface area contributed by atoms with Crippen LogP contribution in [0.5, 0.6) is 0 Å². The average Bonchev–Trinajstić information content (AvgIpc) is 2.46. The van der Waals surface area contributed by atoms with Crippen molar-refractivity contribution >= 4 is 11.6 Å². The van der Waals surface area contributed by atoms with Gasteiger partial charge < -0.3 is 15.0 Å². The molecule has 2 aliphatic rings. The minimum atomic E-state index is -0.0875. The molecule has 1 saturated heterocycles. The van der Waals surface area contributed by atoms with Crippen LogP contribution in [0.25, 0.3) is 0 Å². The zero-order valence-corrected chi connectivity index (χ0v) is 11.3. The lowest BCUT2D eigenvalue weighted by Gasteiger charge is -2.37. The van der Waals surface area contributed by atoms with Crippen molar-refractivity contribution in [3.05, 3.63) is 29.8 Å². The van der Waals surface area contributed by atoms with E-state index in [9.17, 15) is 4.79 Å². The highest BCUT2D eigenvalue weighted by molar-refractivity contribution is 5.86. The summed E-state index contributed by atoms with van der Waals surface area (Å²) in [6.45, 7) is 4.06. The normalized spacial score (nSPS) is 26.5. The van der Waals surface area contributed by atoms with Crippen LogP contribution in [0.15, 0.2) is 24.3 Å². The van der Waals surface area contributed by atoms with E-state index in [4.69, 9.17) is 4.74 Å². The van der Waals surface area contributed by atoms with Crippen molar-refractivity contribution in [1.29, 1.82) is 0 Å². The Morgan fingerprint density at radius 2 is 2.26 bits per heavy atom. The van der Waals surface area contributed by atoms with Crippen LogP contribution in [0.1, 0.15) is 18.9 Å². The number of amides is 1. The van der Waals surface area contributed by atoms with Gasteiger partial charge in [0.1, 0.15) is 6.04 Å². The van der Waals surface area contributed by atoms with Crippen LogP contribution in [0, 0.1) is 0 Å². The summed E-state index contributed by atoms with van der Waals surface area (Å²) in [5.41, 5.74) is 2.41. The SMILES string of the molecule is CC1COCCN1C(=O)C1CCc2ccccc2N1. The van der Waals surface area contributed by atoms with E-state index in [0.29, 0.717) is 19.8 Å². The third-order valence-electron chi connectivity index (χ3n) is 4.00. The first-order valence-electron chi connectivity index (χ1n) is 6.98. The van der Waals surface area contributed by atoms with Gasteiger partial charge >= 0.3 is 0 Å². The number of ether oxygens (including phenoxy) is 1. The molecule has 1 fully saturated rings. The fraction of sp³-hybridized carbons (Fsp3) is 0.533. The number of rotatable bonds is 1. The minimum Gasteiger partial charge on any atom is -0.377 e. The number of carbonyl (C=O) groups is 1. The number of nitrogens with one attached hydrogen (secondary N) is 1. The topological polar surface area (TPSA) is 41.6 Å². The number of hydrogen-bond acceptors (Lipinski definition) is 3. The van der Waals surface area contributed by atoms with Gasteiger partial charge in [-0.25, -0.2) is 0 Å². The van der Waals surface area contributed by atoms with Gasteiger partial charge in [-0.2, -0.15) is 0 Å². The smallest absolute Gasteiger partial charge is 0.245 e. The lowest BCUT2D eigenvalue weighted by atomic mass is 9.97. The highest BCUT2D eigenvalue weighted by Crippen LogP contribution is 2.25. The maximum Gasteiger partial charge on any atom is 0.245 e. The number of anilines is 1. The van der Waals surface area contributed by atoms with E-state index in [1.807, 2.05) is 24.0 Å². The van der Waals surface area contributed by atoms with Crippen molar-refractivity contribution in [3.63, 3.8) is 0 Å². The lowest BCUT2D eigenvalue weighted by molar-refractivity contribution is -0.140. The summed E-state index contributed by atoms with van der Waals surface area (Å²) in [7, 11) is 0. The molecular weight excluding hydrogens is 240 g/mol. The van der Waals surface area contributed by atoms with E-state index < -0.39 is 0 Å². The molecule has 0 aliphatic carbocycles. The molecule has 0 saturated carbocycles. The van der Waals surface area contributed by atoms with Crippen LogP contribution in [0.4, 0.5) is 5.69 Å². The van der Waals surface area contributed by atoms with Gasteiger partial charge in [0, 0.05) is 12.2 Å². The van der Waals surface area contributed by atoms with Crippen molar-refractivity contribution in [1.82, 2.24) is 4.90 Å². The monoisotopic (exact) mass is 260 g/mol. The maximum absolute atomic E-state index is 12.6. The molecule has 1 aromatic rings. The molecule has 1 N–H and O–H groups in total. The van der Waals surface area contributed by atoms with Crippen molar-refractivity contribution in [2.75, 3.05) is 25.1 Å². The summed E-state index contributed by atoms with van der Waals surface area (Å²) in [4.78, 5) is 14.5. The average molecular weight is 260 g/mol. The molecular formula is C15H20N2O2. The highest BCUT2D eigenvalue weighted by Gasteiger charge is 2.31. The van der Waals surface area contributed by atoms with Crippen LogP contribution >= 0.6 is 0 Å². The summed E-state index contributed by atoms with van der Waals surface area (Å²) in [6, 6.07) is 8.33. The molecule has 2 unspecified atom stereocenters. The molecule has 4 nitrogen and oxygen atoms in total. The van der Waals surface area contributed by atoms with E-state index in [-0.39, 0.29) is 18.0 Å². The molecule has 1 amide bonds. The maximum atomic E-state index is 12.6. The van der Waals surface area contributed by atoms with Gasteiger partial charge in [-0.3, -0.25) is 4.79 Å². The number of hydrogen-bond donors (Lipinski definition) is 1. The summed E-state index contributed by atoms with van der Waals surface area (Å²) < 4.78 is 5.39. The number of para-hydroxylation sites is 1. The van der Waals surface area contributed by atoms with Gasteiger partial charge in [-0.1, -0.05) is 18.2 Å². The van der Waals surface area contributed by atoms with Crippen LogP contribution in [-0.4, -0.2) is 42.6 Å². The number of nitrogens with zero attached hydrogens (tertiary/aromatic N) is 1. The molecule has 3 rings (SSSR count). The van der Waals surface area contributed by atoms with E-state index in [1.54, 1.807) is 0 Å². The molecule has 19 heavy (non-hydrogen) atoms. The van der Waals surface area contributed by atoms with E-state index in [2.05, 4.69) is 17.4 Å². The zero-order chi connectivity index (χ0) is 13.2. The Labute approximate surface area is 113 Å². The van der Waals surface area contributed by atoms with Gasteiger partial charge in [0.2, 0.25) is 5.91 Å². The summed E-state index contributed by atoms with van der Waals surface area (Å²) in [5.74, 6) is 0.213. The molecule has 102 valence electrons. The first-order valence-corrected chi connectivity index (χ1v) is 6.98. The minimum absolute atomic E-state index is 0.0875. The van der Waals surface area contributed by atoms with Crippen molar-refractivity contribution in [2.24, 2.45) is 0 Å². The third-order valence-corrected chi connectivity index (χ3v) is 4.00. The predicted molar refractivity (Wildman–Crippen MR) is 74.2 cm³/mol. The Balaban J connectivity index is 1.72. The van der Waals surface area contributed by atoms with Gasteiger partial charge in [0.15, 0.2) is 0 Å². The molecule has 1 aromatic carbocycles. The van der Waals surface area contributed by atoms with Crippen molar-refractivity contribution in [3.8, 4) is 0 Å². The molecule has 4 heteroatoms. The standard InChI is InChI=1S/C15H20N2O2/c1-11-10-19-9-8-17(11)15(18)14-7-6-12-4-2-3-5-13(12)16-14/h2-5,11,14,16H,6-10H2,1H3. The fourth-order valence-electron chi connectivity index (χ4n) is 2.88. The molecule has 0 bridgehead atoms. The zero-order valence-electron chi connectivity index (χ0n) is 11.3. The van der Waals surface area contributed by atoms with Gasteiger partial charge in [-0.15, -0.1) is 0 Å². The largest absolute Gasteiger partial charge is 0.377 e. The predicted octanol–water partition coefficient (Wildman–Crippen LogP) is 1.66. The number of carbonyl (C=O) groups excluding carboxylic acids is 1. The van der Waals surface area contributed by atoms with Crippen LogP contribution < -0.4 is 5.32 Å². The second-order valence-electron chi connectivity index (χ2n) is 5.35. The van der Waals surface area contributed by atoms with E-state index in [0.717, 1.165) is 18.5 Å². The highest BCUT2D eigenvalue weighted by atomic mass is 16.5. The van der Waals surface area contributed by atoms with Crippen LogP contribution in [0.3, 0.4) is 0 Å². The summed E-state index contributed by atoms with van der Waals surface area (Å²) in [6.07, 6.45) is 1.85. The quantitative estimate of drug-likeness (QED) is 0.835. The van der Waals surface area contributed by atoms with Gasteiger partial charge in [0.05, 0.1) is 19.3 Å². The van der Waals surface area contributed by atoms with Crippen molar-refractivity contribution in [2.45, 2.75) is 31.8 Å². The Morgan fingerprint density at radius 3 is 3.11 bits per heavy atom. The van der Waals surface area contributed by atoms with Gasteiger partial charge in [0.25, 0.3) is 0 Å².